The molecule has 0 saturated heterocycles. The first-order valence-corrected chi connectivity index (χ1v) is 6.50. The van der Waals surface area contributed by atoms with Gasteiger partial charge in [0.2, 0.25) is 0 Å². The summed E-state index contributed by atoms with van der Waals surface area (Å²) in [5.74, 6) is -0.00907. The summed E-state index contributed by atoms with van der Waals surface area (Å²) in [4.78, 5) is 4.24. The van der Waals surface area contributed by atoms with Crippen molar-refractivity contribution in [1.29, 1.82) is 0 Å². The van der Waals surface area contributed by atoms with Crippen LogP contribution in [0.1, 0.15) is 5.56 Å². The molecule has 0 amide bonds. The minimum atomic E-state index is -3.25. The molecule has 0 aliphatic rings. The van der Waals surface area contributed by atoms with Gasteiger partial charge in [-0.2, -0.15) is 0 Å². The third-order valence-electron chi connectivity index (χ3n) is 2.18. The summed E-state index contributed by atoms with van der Waals surface area (Å²) >= 11 is 0. The van der Waals surface area contributed by atoms with Gasteiger partial charge in [0.25, 0.3) is 0 Å². The van der Waals surface area contributed by atoms with E-state index < -0.39 is 9.84 Å². The Hall–Kier alpha value is -1.68. The average molecular weight is 233 g/mol. The molecule has 3 nitrogen and oxygen atoms in total. The van der Waals surface area contributed by atoms with Gasteiger partial charge < -0.3 is 0 Å². The van der Waals surface area contributed by atoms with Gasteiger partial charge in [-0.1, -0.05) is 24.3 Å². The highest BCUT2D eigenvalue weighted by Gasteiger charge is 2.14. The van der Waals surface area contributed by atoms with E-state index in [2.05, 4.69) is 4.98 Å². The van der Waals surface area contributed by atoms with Gasteiger partial charge in [-0.25, -0.2) is 8.42 Å². The molecule has 1 aromatic heterocycles. The monoisotopic (exact) mass is 233 g/mol. The number of nitrogens with zero attached hydrogens (tertiary/aromatic N) is 1. The number of sulfone groups is 1. The lowest BCUT2D eigenvalue weighted by Crippen LogP contribution is -2.04. The Bertz CT molecular complexity index is 550. The lowest BCUT2D eigenvalue weighted by atomic mass is 10.3. The van der Waals surface area contributed by atoms with Crippen molar-refractivity contribution in [3.05, 3.63) is 60.4 Å². The van der Waals surface area contributed by atoms with E-state index in [1.165, 1.54) is 0 Å². The normalized spacial score (nSPS) is 11.2. The van der Waals surface area contributed by atoms with Crippen molar-refractivity contribution in [3.63, 3.8) is 0 Å². The Morgan fingerprint density at radius 3 is 2.38 bits per heavy atom. The molecular formula is C12H11NO2S. The highest BCUT2D eigenvalue weighted by atomic mass is 32.2. The smallest absolute Gasteiger partial charge is 0.182 e. The molecule has 0 N–H and O–H groups in total. The van der Waals surface area contributed by atoms with E-state index in [-0.39, 0.29) is 5.75 Å². The van der Waals surface area contributed by atoms with Crippen molar-refractivity contribution >= 4 is 9.84 Å². The van der Waals surface area contributed by atoms with Crippen LogP contribution in [0.2, 0.25) is 0 Å². The molecule has 0 unspecified atom stereocenters. The second kappa shape index (κ2) is 4.45. The standard InChI is InChI=1S/C12H11NO2S/c14-16(15,12-6-2-1-3-7-12)10-11-5-4-8-13-9-11/h1-9H,10H2. The van der Waals surface area contributed by atoms with Gasteiger partial charge in [-0.15, -0.1) is 0 Å². The predicted octanol–water partition coefficient (Wildman–Crippen LogP) is 2.06. The molecule has 0 bridgehead atoms. The van der Waals surface area contributed by atoms with Crippen molar-refractivity contribution in [3.8, 4) is 0 Å². The number of aromatic nitrogens is 1. The molecule has 16 heavy (non-hydrogen) atoms. The van der Waals surface area contributed by atoms with Crippen LogP contribution in [0.25, 0.3) is 0 Å². The van der Waals surface area contributed by atoms with E-state index in [1.807, 2.05) is 0 Å². The van der Waals surface area contributed by atoms with Gasteiger partial charge in [0, 0.05) is 12.4 Å². The SMILES string of the molecule is O=S(=O)(Cc1cccnc1)c1ccccc1. The number of rotatable bonds is 3. The number of hydrogen-bond acceptors (Lipinski definition) is 3. The van der Waals surface area contributed by atoms with Gasteiger partial charge in [-0.3, -0.25) is 4.98 Å². The zero-order chi connectivity index (χ0) is 11.4. The van der Waals surface area contributed by atoms with Crippen LogP contribution in [-0.2, 0) is 15.6 Å². The van der Waals surface area contributed by atoms with Crippen molar-refractivity contribution in [1.82, 2.24) is 4.98 Å². The fraction of sp³-hybridized carbons (Fsp3) is 0.0833. The predicted molar refractivity (Wildman–Crippen MR) is 61.6 cm³/mol. The highest BCUT2D eigenvalue weighted by molar-refractivity contribution is 7.90. The molecule has 1 heterocycles. The molecule has 4 heteroatoms. The van der Waals surface area contributed by atoms with E-state index in [1.54, 1.807) is 54.9 Å². The second-order valence-corrected chi connectivity index (χ2v) is 5.42. The summed E-state index contributed by atoms with van der Waals surface area (Å²) in [6.45, 7) is 0. The Morgan fingerprint density at radius 1 is 1.00 bits per heavy atom. The summed E-state index contributed by atoms with van der Waals surface area (Å²) < 4.78 is 23.9. The Balaban J connectivity index is 2.29. The first kappa shape index (κ1) is 10.8. The fourth-order valence-electron chi connectivity index (χ4n) is 1.41. The van der Waals surface area contributed by atoms with Crippen molar-refractivity contribution < 1.29 is 8.42 Å². The minimum Gasteiger partial charge on any atom is -0.264 e. The van der Waals surface area contributed by atoms with Crippen LogP contribution in [0.5, 0.6) is 0 Å². The summed E-state index contributed by atoms with van der Waals surface area (Å²) in [5.41, 5.74) is 0.700. The molecule has 0 spiro atoms. The first-order valence-electron chi connectivity index (χ1n) is 4.85. The lowest BCUT2D eigenvalue weighted by Gasteiger charge is -2.03. The molecule has 0 radical (unpaired) electrons. The third kappa shape index (κ3) is 2.46. The largest absolute Gasteiger partial charge is 0.264 e. The Labute approximate surface area is 94.7 Å². The quantitative estimate of drug-likeness (QED) is 0.815. The van der Waals surface area contributed by atoms with Gasteiger partial charge in [0.15, 0.2) is 9.84 Å². The Kier molecular flexibility index (Phi) is 3.01. The molecule has 0 aliphatic heterocycles. The molecule has 82 valence electrons. The topological polar surface area (TPSA) is 47.0 Å². The van der Waals surface area contributed by atoms with E-state index in [9.17, 15) is 8.42 Å². The zero-order valence-electron chi connectivity index (χ0n) is 8.58. The van der Waals surface area contributed by atoms with Gasteiger partial charge in [0.05, 0.1) is 10.6 Å². The van der Waals surface area contributed by atoms with Gasteiger partial charge in [-0.05, 0) is 23.8 Å². The highest BCUT2D eigenvalue weighted by Crippen LogP contribution is 2.14. The summed E-state index contributed by atoms with van der Waals surface area (Å²) in [6.07, 6.45) is 3.19. The summed E-state index contributed by atoms with van der Waals surface area (Å²) in [7, 11) is -3.25. The third-order valence-corrected chi connectivity index (χ3v) is 3.89. The summed E-state index contributed by atoms with van der Waals surface area (Å²) in [6, 6.07) is 11.9. The second-order valence-electron chi connectivity index (χ2n) is 3.43. The minimum absolute atomic E-state index is 0.00907. The maximum Gasteiger partial charge on any atom is 0.182 e. The number of pyridine rings is 1. The molecule has 1 aromatic carbocycles. The molecule has 0 saturated carbocycles. The van der Waals surface area contributed by atoms with Crippen molar-refractivity contribution in [2.45, 2.75) is 10.6 Å². The molecule has 2 rings (SSSR count). The van der Waals surface area contributed by atoms with Crippen LogP contribution in [0, 0.1) is 0 Å². The van der Waals surface area contributed by atoms with Crippen LogP contribution in [0.4, 0.5) is 0 Å². The molecular weight excluding hydrogens is 222 g/mol. The van der Waals surface area contributed by atoms with E-state index in [4.69, 9.17) is 0 Å². The van der Waals surface area contributed by atoms with Gasteiger partial charge in [0.1, 0.15) is 0 Å². The molecule has 0 fully saturated rings. The lowest BCUT2D eigenvalue weighted by molar-refractivity contribution is 0.595. The van der Waals surface area contributed by atoms with Crippen LogP contribution < -0.4 is 0 Å². The fourth-order valence-corrected chi connectivity index (χ4v) is 2.76. The number of benzene rings is 1. The van der Waals surface area contributed by atoms with Gasteiger partial charge >= 0.3 is 0 Å². The van der Waals surface area contributed by atoms with Crippen molar-refractivity contribution in [2.75, 3.05) is 0 Å². The van der Waals surface area contributed by atoms with Crippen LogP contribution in [-0.4, -0.2) is 13.4 Å². The van der Waals surface area contributed by atoms with E-state index in [0.717, 1.165) is 0 Å². The average Bonchev–Trinajstić information content (AvgIpc) is 2.31. The molecule has 0 aliphatic carbocycles. The van der Waals surface area contributed by atoms with E-state index in [0.29, 0.717) is 10.5 Å². The zero-order valence-corrected chi connectivity index (χ0v) is 9.39. The maximum absolute atomic E-state index is 12.0. The van der Waals surface area contributed by atoms with Crippen LogP contribution in [0.15, 0.2) is 59.8 Å². The first-order chi connectivity index (χ1) is 7.68. The summed E-state index contributed by atoms with van der Waals surface area (Å²) in [5, 5.41) is 0. The molecule has 0 atom stereocenters. The number of hydrogen-bond donors (Lipinski definition) is 0. The molecule has 2 aromatic rings. The van der Waals surface area contributed by atoms with Crippen LogP contribution >= 0.6 is 0 Å². The Morgan fingerprint density at radius 2 is 1.75 bits per heavy atom. The van der Waals surface area contributed by atoms with E-state index >= 15 is 0 Å². The van der Waals surface area contributed by atoms with Crippen molar-refractivity contribution in [2.24, 2.45) is 0 Å². The maximum atomic E-state index is 12.0. The van der Waals surface area contributed by atoms with Crippen LogP contribution in [0.3, 0.4) is 0 Å².